The number of rotatable bonds is 4. The summed E-state index contributed by atoms with van der Waals surface area (Å²) in [5, 5.41) is 14.1. The topological polar surface area (TPSA) is 54.2 Å². The van der Waals surface area contributed by atoms with Gasteiger partial charge < -0.3 is 10.0 Å². The summed E-state index contributed by atoms with van der Waals surface area (Å²) in [7, 11) is 0. The molecule has 1 N–H and O–H groups in total. The maximum absolute atomic E-state index is 9.43. The number of aromatic nitrogens is 3. The Bertz CT molecular complexity index is 437. The van der Waals surface area contributed by atoms with Crippen LogP contribution in [-0.4, -0.2) is 51.0 Å². The first-order chi connectivity index (χ1) is 9.80. The third-order valence-electron chi connectivity index (χ3n) is 4.87. The summed E-state index contributed by atoms with van der Waals surface area (Å²) in [5.41, 5.74) is 0. The number of hydrogen-bond acceptors (Lipinski definition) is 4. The van der Waals surface area contributed by atoms with Crippen molar-refractivity contribution in [1.82, 2.24) is 19.7 Å². The summed E-state index contributed by atoms with van der Waals surface area (Å²) in [6, 6.07) is 0.155. The first-order valence-corrected chi connectivity index (χ1v) is 8.07. The summed E-state index contributed by atoms with van der Waals surface area (Å²) in [5.74, 6) is 2.81. The fourth-order valence-electron chi connectivity index (χ4n) is 3.51. The highest BCUT2D eigenvalue weighted by Gasteiger charge is 2.25. The van der Waals surface area contributed by atoms with E-state index in [1.165, 1.54) is 32.5 Å². The zero-order valence-electron chi connectivity index (χ0n) is 12.5. The predicted octanol–water partition coefficient (Wildman–Crippen LogP) is 1.42. The number of aryl methyl sites for hydroxylation is 1. The second-order valence-electron chi connectivity index (χ2n) is 6.20. The molecule has 0 radical (unpaired) electrons. The Balaban J connectivity index is 1.63. The molecule has 112 valence electrons. The van der Waals surface area contributed by atoms with Crippen LogP contribution in [0.25, 0.3) is 0 Å². The van der Waals surface area contributed by atoms with Crippen LogP contribution in [-0.2, 0) is 12.8 Å². The molecule has 0 amide bonds. The number of hydrogen-bond donors (Lipinski definition) is 1. The second-order valence-corrected chi connectivity index (χ2v) is 6.20. The van der Waals surface area contributed by atoms with Gasteiger partial charge in [-0.05, 0) is 51.2 Å². The van der Waals surface area contributed by atoms with Gasteiger partial charge in [0.15, 0.2) is 5.82 Å². The standard InChI is InChI=1S/C15H26N4O/c1-2-18-8-6-12(7-9-18)10-14-16-15-5-3-4-13(11-20)19(15)17-14/h12-13,20H,2-11H2,1H3. The van der Waals surface area contributed by atoms with Gasteiger partial charge in [0.1, 0.15) is 5.82 Å². The van der Waals surface area contributed by atoms with E-state index in [4.69, 9.17) is 4.98 Å². The van der Waals surface area contributed by atoms with Gasteiger partial charge >= 0.3 is 0 Å². The fraction of sp³-hybridized carbons (Fsp3) is 0.867. The molecule has 3 heterocycles. The fourth-order valence-corrected chi connectivity index (χ4v) is 3.51. The van der Waals surface area contributed by atoms with Crippen molar-refractivity contribution in [2.45, 2.75) is 51.5 Å². The molecule has 1 atom stereocenters. The third-order valence-corrected chi connectivity index (χ3v) is 4.87. The number of fused-ring (bicyclic) bond motifs is 1. The van der Waals surface area contributed by atoms with Crippen LogP contribution in [0.1, 0.15) is 50.3 Å². The van der Waals surface area contributed by atoms with Crippen molar-refractivity contribution in [3.63, 3.8) is 0 Å². The lowest BCUT2D eigenvalue weighted by molar-refractivity contribution is 0.188. The van der Waals surface area contributed by atoms with Gasteiger partial charge in [0, 0.05) is 12.8 Å². The normalized spacial score (nSPS) is 24.8. The second kappa shape index (κ2) is 6.22. The number of aliphatic hydroxyl groups excluding tert-OH is 1. The van der Waals surface area contributed by atoms with Gasteiger partial charge in [-0.2, -0.15) is 5.10 Å². The minimum atomic E-state index is 0.155. The van der Waals surface area contributed by atoms with Gasteiger partial charge in [-0.1, -0.05) is 6.92 Å². The van der Waals surface area contributed by atoms with E-state index in [0.717, 1.165) is 43.3 Å². The highest BCUT2D eigenvalue weighted by molar-refractivity contribution is 5.00. The van der Waals surface area contributed by atoms with Crippen LogP contribution < -0.4 is 0 Å². The molecule has 2 aliphatic heterocycles. The predicted molar refractivity (Wildman–Crippen MR) is 77.6 cm³/mol. The molecule has 20 heavy (non-hydrogen) atoms. The Hall–Kier alpha value is -0.940. The van der Waals surface area contributed by atoms with E-state index in [2.05, 4.69) is 16.9 Å². The minimum Gasteiger partial charge on any atom is -0.394 e. The SMILES string of the molecule is CCN1CCC(Cc2nc3n(n2)C(CO)CCC3)CC1. The first-order valence-electron chi connectivity index (χ1n) is 8.07. The van der Waals surface area contributed by atoms with E-state index < -0.39 is 0 Å². The highest BCUT2D eigenvalue weighted by atomic mass is 16.3. The van der Waals surface area contributed by atoms with Gasteiger partial charge in [-0.15, -0.1) is 0 Å². The van der Waals surface area contributed by atoms with Gasteiger partial charge in [0.25, 0.3) is 0 Å². The zero-order valence-corrected chi connectivity index (χ0v) is 12.5. The van der Waals surface area contributed by atoms with E-state index >= 15 is 0 Å². The molecular weight excluding hydrogens is 252 g/mol. The van der Waals surface area contributed by atoms with E-state index in [1.54, 1.807) is 0 Å². The van der Waals surface area contributed by atoms with Crippen LogP contribution in [0.4, 0.5) is 0 Å². The zero-order chi connectivity index (χ0) is 13.9. The molecule has 1 aromatic rings. The van der Waals surface area contributed by atoms with Gasteiger partial charge in [-0.3, -0.25) is 0 Å². The molecule has 1 fully saturated rings. The Morgan fingerprint density at radius 3 is 2.75 bits per heavy atom. The molecule has 0 saturated carbocycles. The largest absolute Gasteiger partial charge is 0.394 e. The molecule has 0 spiro atoms. The van der Waals surface area contributed by atoms with Crippen LogP contribution in [0.15, 0.2) is 0 Å². The van der Waals surface area contributed by atoms with E-state index in [9.17, 15) is 5.11 Å². The maximum Gasteiger partial charge on any atom is 0.151 e. The number of nitrogens with zero attached hydrogens (tertiary/aromatic N) is 4. The molecule has 5 heteroatoms. The summed E-state index contributed by atoms with van der Waals surface area (Å²) < 4.78 is 1.99. The Morgan fingerprint density at radius 1 is 1.25 bits per heavy atom. The van der Waals surface area contributed by atoms with Crippen LogP contribution in [0.3, 0.4) is 0 Å². The molecule has 1 unspecified atom stereocenters. The number of likely N-dealkylation sites (tertiary alicyclic amines) is 1. The van der Waals surface area contributed by atoms with E-state index in [0.29, 0.717) is 0 Å². The van der Waals surface area contributed by atoms with Crippen molar-refractivity contribution in [1.29, 1.82) is 0 Å². The lowest BCUT2D eigenvalue weighted by Gasteiger charge is -2.30. The summed E-state index contributed by atoms with van der Waals surface area (Å²) in [6.07, 6.45) is 6.70. The smallest absolute Gasteiger partial charge is 0.151 e. The van der Waals surface area contributed by atoms with Crippen LogP contribution in [0.2, 0.25) is 0 Å². The minimum absolute atomic E-state index is 0.155. The Morgan fingerprint density at radius 2 is 2.05 bits per heavy atom. The molecule has 1 aromatic heterocycles. The summed E-state index contributed by atoms with van der Waals surface area (Å²) >= 11 is 0. The lowest BCUT2D eigenvalue weighted by atomic mass is 9.93. The molecule has 0 aliphatic carbocycles. The Kier molecular flexibility index (Phi) is 4.36. The number of piperidine rings is 1. The molecule has 3 rings (SSSR count). The Labute approximate surface area is 121 Å². The van der Waals surface area contributed by atoms with E-state index in [-0.39, 0.29) is 12.6 Å². The number of aliphatic hydroxyl groups is 1. The van der Waals surface area contributed by atoms with E-state index in [1.807, 2.05) is 4.68 Å². The molecule has 5 nitrogen and oxygen atoms in total. The van der Waals surface area contributed by atoms with Crippen molar-refractivity contribution in [3.05, 3.63) is 11.6 Å². The monoisotopic (exact) mass is 278 g/mol. The van der Waals surface area contributed by atoms with Crippen molar-refractivity contribution < 1.29 is 5.11 Å². The summed E-state index contributed by atoms with van der Waals surface area (Å²) in [6.45, 7) is 6.02. The van der Waals surface area contributed by atoms with Gasteiger partial charge in [-0.25, -0.2) is 9.67 Å². The summed E-state index contributed by atoms with van der Waals surface area (Å²) in [4.78, 5) is 7.23. The average molecular weight is 278 g/mol. The van der Waals surface area contributed by atoms with Gasteiger partial charge in [0.05, 0.1) is 12.6 Å². The maximum atomic E-state index is 9.43. The molecular formula is C15H26N4O. The molecule has 0 bridgehead atoms. The van der Waals surface area contributed by atoms with Crippen molar-refractivity contribution in [3.8, 4) is 0 Å². The lowest BCUT2D eigenvalue weighted by Crippen LogP contribution is -2.34. The molecule has 0 aromatic carbocycles. The third kappa shape index (κ3) is 2.88. The van der Waals surface area contributed by atoms with Crippen molar-refractivity contribution in [2.24, 2.45) is 5.92 Å². The molecule has 2 aliphatic rings. The van der Waals surface area contributed by atoms with Gasteiger partial charge in [0.2, 0.25) is 0 Å². The highest BCUT2D eigenvalue weighted by Crippen LogP contribution is 2.25. The first kappa shape index (κ1) is 14.0. The van der Waals surface area contributed by atoms with Crippen molar-refractivity contribution in [2.75, 3.05) is 26.2 Å². The molecule has 1 saturated heterocycles. The quantitative estimate of drug-likeness (QED) is 0.905. The average Bonchev–Trinajstić information content (AvgIpc) is 2.90. The van der Waals surface area contributed by atoms with Crippen molar-refractivity contribution >= 4 is 0 Å². The van der Waals surface area contributed by atoms with Crippen LogP contribution >= 0.6 is 0 Å². The van der Waals surface area contributed by atoms with Crippen LogP contribution in [0.5, 0.6) is 0 Å². The van der Waals surface area contributed by atoms with Crippen LogP contribution in [0, 0.1) is 5.92 Å².